The van der Waals surface area contributed by atoms with E-state index < -0.39 is 0 Å². The fraction of sp³-hybridized carbons (Fsp3) is 0.179. The average Bonchev–Trinajstić information content (AvgIpc) is 3.70. The predicted molar refractivity (Wildman–Crippen MR) is 131 cm³/mol. The van der Waals surface area contributed by atoms with E-state index in [1.807, 2.05) is 54.6 Å². The monoisotopic (exact) mass is 454 g/mol. The molecule has 3 aromatic rings. The van der Waals surface area contributed by atoms with Crippen LogP contribution in [0.25, 0.3) is 11.6 Å². The highest BCUT2D eigenvalue weighted by atomic mass is 16.5. The van der Waals surface area contributed by atoms with Crippen LogP contribution in [0.4, 0.5) is 0 Å². The Kier molecular flexibility index (Phi) is 7.18. The Morgan fingerprint density at radius 3 is 2.09 bits per heavy atom. The zero-order valence-corrected chi connectivity index (χ0v) is 18.9. The molecule has 0 unspecified atom stereocenters. The molecule has 3 aromatic carbocycles. The highest BCUT2D eigenvalue weighted by molar-refractivity contribution is 6.24. The van der Waals surface area contributed by atoms with E-state index in [-0.39, 0.29) is 17.9 Å². The quantitative estimate of drug-likeness (QED) is 0.288. The van der Waals surface area contributed by atoms with Crippen molar-refractivity contribution in [2.45, 2.75) is 25.4 Å². The lowest BCUT2D eigenvalue weighted by Crippen LogP contribution is -2.26. The molecular weight excluding hydrogens is 428 g/mol. The highest BCUT2D eigenvalue weighted by Crippen LogP contribution is 2.25. The van der Waals surface area contributed by atoms with Gasteiger partial charge in [-0.25, -0.2) is 0 Å². The first-order chi connectivity index (χ1) is 16.6. The zero-order valence-electron chi connectivity index (χ0n) is 18.9. The highest BCUT2D eigenvalue weighted by Gasteiger charge is 2.25. The SMILES string of the molecule is COc1ccc(/C(=C\c2ccc(C(=O)NCc3ccc(C=O)cc3)cc2)C(=O)NC2CC2)cc1. The molecule has 1 aliphatic rings. The molecule has 34 heavy (non-hydrogen) atoms. The summed E-state index contributed by atoms with van der Waals surface area (Å²) in [5.41, 5.74) is 4.20. The van der Waals surface area contributed by atoms with E-state index in [4.69, 9.17) is 4.74 Å². The van der Waals surface area contributed by atoms with Gasteiger partial charge in [0, 0.05) is 29.3 Å². The number of hydrogen-bond acceptors (Lipinski definition) is 4. The van der Waals surface area contributed by atoms with E-state index >= 15 is 0 Å². The van der Waals surface area contributed by atoms with Crippen LogP contribution in [0.15, 0.2) is 72.8 Å². The molecule has 0 bridgehead atoms. The third kappa shape index (κ3) is 5.98. The van der Waals surface area contributed by atoms with Gasteiger partial charge in [0.25, 0.3) is 11.8 Å². The van der Waals surface area contributed by atoms with Crippen molar-refractivity contribution in [3.63, 3.8) is 0 Å². The predicted octanol–water partition coefficient (Wildman–Crippen LogP) is 4.26. The zero-order chi connectivity index (χ0) is 23.9. The van der Waals surface area contributed by atoms with Crippen LogP contribution in [0.3, 0.4) is 0 Å². The van der Waals surface area contributed by atoms with Crippen molar-refractivity contribution in [2.24, 2.45) is 0 Å². The van der Waals surface area contributed by atoms with Crippen LogP contribution in [0.5, 0.6) is 5.75 Å². The summed E-state index contributed by atoms with van der Waals surface area (Å²) in [6.45, 7) is 0.364. The minimum absolute atomic E-state index is 0.116. The van der Waals surface area contributed by atoms with Gasteiger partial charge in [-0.3, -0.25) is 14.4 Å². The van der Waals surface area contributed by atoms with Crippen LogP contribution >= 0.6 is 0 Å². The number of nitrogens with one attached hydrogen (secondary N) is 2. The summed E-state index contributed by atoms with van der Waals surface area (Å²) < 4.78 is 5.22. The number of carbonyl (C=O) groups excluding carboxylic acids is 3. The second-order valence-corrected chi connectivity index (χ2v) is 8.20. The molecule has 0 heterocycles. The van der Waals surface area contributed by atoms with Crippen molar-refractivity contribution in [1.29, 1.82) is 0 Å². The molecule has 6 nitrogen and oxygen atoms in total. The first kappa shape index (κ1) is 23.0. The number of ether oxygens (including phenoxy) is 1. The molecule has 1 fully saturated rings. The van der Waals surface area contributed by atoms with Crippen molar-refractivity contribution >= 4 is 29.7 Å². The maximum absolute atomic E-state index is 12.9. The third-order valence-corrected chi connectivity index (χ3v) is 5.61. The van der Waals surface area contributed by atoms with Gasteiger partial charge in [0.1, 0.15) is 12.0 Å². The molecule has 172 valence electrons. The van der Waals surface area contributed by atoms with Gasteiger partial charge in [-0.15, -0.1) is 0 Å². The number of rotatable bonds is 9. The Balaban J connectivity index is 1.47. The molecule has 0 radical (unpaired) electrons. The topological polar surface area (TPSA) is 84.5 Å². The molecule has 0 spiro atoms. The number of amides is 2. The number of benzene rings is 3. The van der Waals surface area contributed by atoms with Crippen molar-refractivity contribution in [3.8, 4) is 5.75 Å². The Hall–Kier alpha value is -4.19. The maximum atomic E-state index is 12.9. The lowest BCUT2D eigenvalue weighted by atomic mass is 10.0. The Morgan fingerprint density at radius 1 is 0.882 bits per heavy atom. The molecule has 0 atom stereocenters. The van der Waals surface area contributed by atoms with Gasteiger partial charge in [0.2, 0.25) is 0 Å². The maximum Gasteiger partial charge on any atom is 0.252 e. The van der Waals surface area contributed by atoms with Crippen LogP contribution in [0.1, 0.15) is 50.2 Å². The van der Waals surface area contributed by atoms with E-state index in [9.17, 15) is 14.4 Å². The van der Waals surface area contributed by atoms with Crippen molar-refractivity contribution in [3.05, 3.63) is 101 Å². The van der Waals surface area contributed by atoms with Crippen molar-refractivity contribution < 1.29 is 19.1 Å². The van der Waals surface area contributed by atoms with Crippen LogP contribution < -0.4 is 15.4 Å². The lowest BCUT2D eigenvalue weighted by molar-refractivity contribution is -0.115. The Morgan fingerprint density at radius 2 is 1.50 bits per heavy atom. The molecule has 0 saturated heterocycles. The summed E-state index contributed by atoms with van der Waals surface area (Å²) in [5, 5.41) is 5.93. The summed E-state index contributed by atoms with van der Waals surface area (Å²) in [7, 11) is 1.60. The largest absolute Gasteiger partial charge is 0.497 e. The van der Waals surface area contributed by atoms with Gasteiger partial charge >= 0.3 is 0 Å². The number of hydrogen-bond donors (Lipinski definition) is 2. The second kappa shape index (κ2) is 10.6. The summed E-state index contributed by atoms with van der Waals surface area (Å²) in [6, 6.07) is 21.8. The van der Waals surface area contributed by atoms with Gasteiger partial charge in [-0.05, 0) is 59.9 Å². The van der Waals surface area contributed by atoms with Crippen LogP contribution in [-0.4, -0.2) is 31.3 Å². The Bertz CT molecular complexity index is 1190. The van der Waals surface area contributed by atoms with Crippen molar-refractivity contribution in [1.82, 2.24) is 10.6 Å². The summed E-state index contributed by atoms with van der Waals surface area (Å²) >= 11 is 0. The molecule has 6 heteroatoms. The van der Waals surface area contributed by atoms with E-state index in [0.717, 1.165) is 41.6 Å². The van der Waals surface area contributed by atoms with E-state index in [1.54, 1.807) is 31.4 Å². The van der Waals surface area contributed by atoms with E-state index in [2.05, 4.69) is 10.6 Å². The van der Waals surface area contributed by atoms with Crippen LogP contribution in [0.2, 0.25) is 0 Å². The number of carbonyl (C=O) groups is 3. The first-order valence-corrected chi connectivity index (χ1v) is 11.1. The molecule has 4 rings (SSSR count). The van der Waals surface area contributed by atoms with Crippen molar-refractivity contribution in [2.75, 3.05) is 7.11 Å². The summed E-state index contributed by atoms with van der Waals surface area (Å²) in [6.07, 6.45) is 4.63. The third-order valence-electron chi connectivity index (χ3n) is 5.61. The molecule has 1 aliphatic carbocycles. The van der Waals surface area contributed by atoms with Gasteiger partial charge in [0.15, 0.2) is 0 Å². The minimum Gasteiger partial charge on any atom is -0.497 e. The van der Waals surface area contributed by atoms with Gasteiger partial charge in [-0.1, -0.05) is 48.5 Å². The van der Waals surface area contributed by atoms with E-state index in [1.165, 1.54) is 0 Å². The average molecular weight is 455 g/mol. The molecule has 0 aliphatic heterocycles. The van der Waals surface area contributed by atoms with Gasteiger partial charge in [-0.2, -0.15) is 0 Å². The van der Waals surface area contributed by atoms with Gasteiger partial charge < -0.3 is 15.4 Å². The lowest BCUT2D eigenvalue weighted by Gasteiger charge is -2.10. The van der Waals surface area contributed by atoms with Crippen LogP contribution in [0, 0.1) is 0 Å². The number of methoxy groups -OCH3 is 1. The molecule has 1 saturated carbocycles. The first-order valence-electron chi connectivity index (χ1n) is 11.1. The molecule has 0 aromatic heterocycles. The normalized spacial score (nSPS) is 13.1. The van der Waals surface area contributed by atoms with E-state index in [0.29, 0.717) is 23.2 Å². The molecule has 2 N–H and O–H groups in total. The second-order valence-electron chi connectivity index (χ2n) is 8.20. The fourth-order valence-electron chi connectivity index (χ4n) is 3.44. The number of aldehydes is 1. The van der Waals surface area contributed by atoms with Crippen LogP contribution in [-0.2, 0) is 11.3 Å². The van der Waals surface area contributed by atoms with Gasteiger partial charge in [0.05, 0.1) is 7.11 Å². The Labute approximate surface area is 198 Å². The smallest absolute Gasteiger partial charge is 0.252 e. The molecular formula is C28H26N2O4. The summed E-state index contributed by atoms with van der Waals surface area (Å²) in [5.74, 6) is 0.410. The minimum atomic E-state index is -0.197. The molecule has 2 amide bonds. The fourth-order valence-corrected chi connectivity index (χ4v) is 3.44. The standard InChI is InChI=1S/C28H26N2O4/c1-34-25-14-10-22(11-15-25)26(28(33)30-24-12-13-24)16-19-6-8-23(9-7-19)27(32)29-17-20-2-4-21(18-31)5-3-20/h2-11,14-16,18,24H,12-13,17H2,1H3,(H,29,32)(H,30,33)/b26-16+. The summed E-state index contributed by atoms with van der Waals surface area (Å²) in [4.78, 5) is 36.2.